The molecule has 1 saturated heterocycles. The Morgan fingerprint density at radius 1 is 1.24 bits per heavy atom. The summed E-state index contributed by atoms with van der Waals surface area (Å²) >= 11 is 0. The Labute approximate surface area is 193 Å². The molecule has 33 heavy (non-hydrogen) atoms. The Morgan fingerprint density at radius 3 is 2.67 bits per heavy atom. The Kier molecular flexibility index (Phi) is 6.42. The quantitative estimate of drug-likeness (QED) is 0.454. The standard InChI is InChI=1S/C23H29N5O4S/c1-14-17(13-22(29)25-7-10-28-8-3-4-9-28)15(2)26-21(14)12-19-18-11-16(33(24,31)32)5-6-20(18)27-23(19)30/h5-6,11-12,26H,3-4,7-10,13H2,1-2H3,(H,25,29)(H,27,30)(H2,24,31,32)/b19-12-. The minimum Gasteiger partial charge on any atom is -0.359 e. The predicted molar refractivity (Wildman–Crippen MR) is 127 cm³/mol. The highest BCUT2D eigenvalue weighted by Gasteiger charge is 2.27. The molecular formula is C23H29N5O4S. The number of hydrogen-bond acceptors (Lipinski definition) is 5. The number of hydrogen-bond donors (Lipinski definition) is 4. The van der Waals surface area contributed by atoms with Crippen LogP contribution in [-0.2, 0) is 26.0 Å². The van der Waals surface area contributed by atoms with Gasteiger partial charge in [0.1, 0.15) is 0 Å². The van der Waals surface area contributed by atoms with Crippen LogP contribution in [0.15, 0.2) is 23.1 Å². The van der Waals surface area contributed by atoms with Crippen molar-refractivity contribution in [2.45, 2.75) is 38.0 Å². The number of carbonyl (C=O) groups excluding carboxylic acids is 2. The molecule has 1 fully saturated rings. The average Bonchev–Trinajstić information content (AvgIpc) is 3.43. The number of likely N-dealkylation sites (tertiary alicyclic amines) is 1. The Bertz CT molecular complexity index is 1240. The summed E-state index contributed by atoms with van der Waals surface area (Å²) in [7, 11) is -3.90. The van der Waals surface area contributed by atoms with Gasteiger partial charge in [-0.3, -0.25) is 9.59 Å². The monoisotopic (exact) mass is 471 g/mol. The molecule has 3 heterocycles. The van der Waals surface area contributed by atoms with Gasteiger partial charge in [0.25, 0.3) is 5.91 Å². The third-order valence-electron chi connectivity index (χ3n) is 6.31. The average molecular weight is 472 g/mol. The first-order valence-corrected chi connectivity index (χ1v) is 12.6. The first-order chi connectivity index (χ1) is 15.6. The first kappa shape index (κ1) is 23.2. The molecule has 0 aliphatic carbocycles. The van der Waals surface area contributed by atoms with Crippen LogP contribution in [-0.4, -0.2) is 56.3 Å². The highest BCUT2D eigenvalue weighted by atomic mass is 32.2. The maximum absolute atomic E-state index is 12.6. The summed E-state index contributed by atoms with van der Waals surface area (Å²) in [6.45, 7) is 7.48. The lowest BCUT2D eigenvalue weighted by atomic mass is 10.0. The van der Waals surface area contributed by atoms with E-state index in [1.54, 1.807) is 6.08 Å². The van der Waals surface area contributed by atoms with E-state index in [1.165, 1.54) is 31.0 Å². The lowest BCUT2D eigenvalue weighted by molar-refractivity contribution is -0.120. The van der Waals surface area contributed by atoms with Gasteiger partial charge in [-0.1, -0.05) is 0 Å². The van der Waals surface area contributed by atoms with Crippen molar-refractivity contribution >= 4 is 39.2 Å². The number of amides is 2. The van der Waals surface area contributed by atoms with Crippen LogP contribution in [0.1, 0.15) is 40.9 Å². The fourth-order valence-corrected chi connectivity index (χ4v) is 4.98. The molecular weight excluding hydrogens is 442 g/mol. The third kappa shape index (κ3) is 5.02. The molecule has 2 aliphatic rings. The van der Waals surface area contributed by atoms with E-state index in [4.69, 9.17) is 5.14 Å². The number of nitrogens with two attached hydrogens (primary N) is 1. The topological polar surface area (TPSA) is 137 Å². The highest BCUT2D eigenvalue weighted by molar-refractivity contribution is 7.89. The zero-order valence-corrected chi connectivity index (χ0v) is 19.6. The summed E-state index contributed by atoms with van der Waals surface area (Å²) in [5.41, 5.74) is 4.64. The molecule has 9 nitrogen and oxygen atoms in total. The van der Waals surface area contributed by atoms with E-state index in [1.807, 2.05) is 13.8 Å². The lowest BCUT2D eigenvalue weighted by Gasteiger charge is -2.14. The van der Waals surface area contributed by atoms with Crippen molar-refractivity contribution in [2.75, 3.05) is 31.5 Å². The second kappa shape index (κ2) is 9.12. The Morgan fingerprint density at radius 2 is 1.97 bits per heavy atom. The smallest absolute Gasteiger partial charge is 0.256 e. The molecule has 0 radical (unpaired) electrons. The number of aromatic amines is 1. The van der Waals surface area contributed by atoms with Gasteiger partial charge in [0.15, 0.2) is 0 Å². The number of aromatic nitrogens is 1. The Balaban J connectivity index is 1.52. The molecule has 2 amide bonds. The van der Waals surface area contributed by atoms with Gasteiger partial charge >= 0.3 is 0 Å². The molecule has 1 aromatic carbocycles. The van der Waals surface area contributed by atoms with E-state index in [-0.39, 0.29) is 23.1 Å². The number of fused-ring (bicyclic) bond motifs is 1. The van der Waals surface area contributed by atoms with E-state index >= 15 is 0 Å². The summed E-state index contributed by atoms with van der Waals surface area (Å²) in [6, 6.07) is 4.29. The van der Waals surface area contributed by atoms with Gasteiger partial charge in [0.2, 0.25) is 15.9 Å². The zero-order valence-electron chi connectivity index (χ0n) is 18.8. The number of nitrogens with zero attached hydrogens (tertiary/aromatic N) is 1. The van der Waals surface area contributed by atoms with E-state index in [0.717, 1.165) is 36.5 Å². The molecule has 0 saturated carbocycles. The van der Waals surface area contributed by atoms with Crippen molar-refractivity contribution in [3.8, 4) is 0 Å². The SMILES string of the molecule is Cc1[nH]c(/C=C2\C(=O)Nc3ccc(S(N)(=O)=O)cc32)c(C)c1CC(=O)NCCN1CCCC1. The fraction of sp³-hybridized carbons (Fsp3) is 0.391. The summed E-state index contributed by atoms with van der Waals surface area (Å²) in [5, 5.41) is 11.0. The van der Waals surface area contributed by atoms with Gasteiger partial charge in [0.05, 0.1) is 16.9 Å². The van der Waals surface area contributed by atoms with Gasteiger partial charge in [-0.15, -0.1) is 0 Å². The van der Waals surface area contributed by atoms with Crippen molar-refractivity contribution in [2.24, 2.45) is 5.14 Å². The summed E-state index contributed by atoms with van der Waals surface area (Å²) in [5.74, 6) is -0.371. The predicted octanol–water partition coefficient (Wildman–Crippen LogP) is 1.53. The van der Waals surface area contributed by atoms with E-state index in [9.17, 15) is 18.0 Å². The number of aryl methyl sites for hydroxylation is 1. The first-order valence-electron chi connectivity index (χ1n) is 11.0. The van der Waals surface area contributed by atoms with Crippen LogP contribution in [0.5, 0.6) is 0 Å². The Hall–Kier alpha value is -2.95. The van der Waals surface area contributed by atoms with Gasteiger partial charge in [-0.05, 0) is 75.2 Å². The van der Waals surface area contributed by atoms with Crippen LogP contribution in [0.3, 0.4) is 0 Å². The minimum atomic E-state index is -3.90. The minimum absolute atomic E-state index is 0.0413. The number of benzene rings is 1. The second-order valence-electron chi connectivity index (χ2n) is 8.61. The van der Waals surface area contributed by atoms with Gasteiger partial charge in [-0.2, -0.15) is 0 Å². The van der Waals surface area contributed by atoms with Gasteiger partial charge in [-0.25, -0.2) is 13.6 Å². The molecule has 2 aromatic rings. The van der Waals surface area contributed by atoms with E-state index in [2.05, 4.69) is 20.5 Å². The van der Waals surface area contributed by atoms with Crippen LogP contribution in [0.4, 0.5) is 5.69 Å². The molecule has 10 heteroatoms. The lowest BCUT2D eigenvalue weighted by Crippen LogP contribution is -2.34. The summed E-state index contributed by atoms with van der Waals surface area (Å²) < 4.78 is 23.5. The zero-order chi connectivity index (χ0) is 23.8. The number of rotatable bonds is 7. The molecule has 0 spiro atoms. The number of carbonyl (C=O) groups is 2. The van der Waals surface area contributed by atoms with Crippen molar-refractivity contribution in [3.63, 3.8) is 0 Å². The number of anilines is 1. The number of H-pyrrole nitrogens is 1. The molecule has 1 aromatic heterocycles. The van der Waals surface area contributed by atoms with Crippen LogP contribution in [0.25, 0.3) is 11.6 Å². The van der Waals surface area contributed by atoms with Crippen molar-refractivity contribution in [1.82, 2.24) is 15.2 Å². The number of primary sulfonamides is 1. The van der Waals surface area contributed by atoms with Crippen molar-refractivity contribution in [3.05, 3.63) is 46.3 Å². The maximum Gasteiger partial charge on any atom is 0.256 e. The van der Waals surface area contributed by atoms with Gasteiger partial charge < -0.3 is 20.5 Å². The van der Waals surface area contributed by atoms with Crippen molar-refractivity contribution in [1.29, 1.82) is 0 Å². The molecule has 5 N–H and O–H groups in total. The van der Waals surface area contributed by atoms with E-state index in [0.29, 0.717) is 29.1 Å². The molecule has 176 valence electrons. The molecule has 0 unspecified atom stereocenters. The van der Waals surface area contributed by atoms with Crippen LogP contribution < -0.4 is 15.8 Å². The molecule has 0 atom stereocenters. The second-order valence-corrected chi connectivity index (χ2v) is 10.2. The summed E-state index contributed by atoms with van der Waals surface area (Å²) in [6.07, 6.45) is 4.38. The van der Waals surface area contributed by atoms with Crippen LogP contribution in [0, 0.1) is 13.8 Å². The maximum atomic E-state index is 12.6. The molecule has 2 aliphatic heterocycles. The highest BCUT2D eigenvalue weighted by Crippen LogP contribution is 2.35. The van der Waals surface area contributed by atoms with Gasteiger partial charge in [0, 0.05) is 35.7 Å². The number of nitrogens with one attached hydrogen (secondary N) is 3. The third-order valence-corrected chi connectivity index (χ3v) is 7.22. The normalized spacial score (nSPS) is 17.4. The van der Waals surface area contributed by atoms with Crippen LogP contribution in [0.2, 0.25) is 0 Å². The largest absolute Gasteiger partial charge is 0.359 e. The van der Waals surface area contributed by atoms with Crippen molar-refractivity contribution < 1.29 is 18.0 Å². The summed E-state index contributed by atoms with van der Waals surface area (Å²) in [4.78, 5) is 30.6. The molecule has 4 rings (SSSR count). The number of sulfonamides is 1. The van der Waals surface area contributed by atoms with E-state index < -0.39 is 10.0 Å². The van der Waals surface area contributed by atoms with Crippen LogP contribution >= 0.6 is 0 Å². The molecule has 0 bridgehead atoms. The fourth-order valence-electron chi connectivity index (χ4n) is 4.44.